The molecular formula is C22H23N3O2. The zero-order valence-electron chi connectivity index (χ0n) is 15.6. The molecule has 1 atom stereocenters. The Bertz CT molecular complexity index is 933. The van der Waals surface area contributed by atoms with Crippen LogP contribution in [0.3, 0.4) is 0 Å². The Labute approximate surface area is 159 Å². The van der Waals surface area contributed by atoms with Crippen molar-refractivity contribution in [2.75, 3.05) is 6.54 Å². The molecule has 27 heavy (non-hydrogen) atoms. The van der Waals surface area contributed by atoms with Gasteiger partial charge in [-0.3, -0.25) is 9.89 Å². The molecule has 5 heteroatoms. The van der Waals surface area contributed by atoms with Crippen molar-refractivity contribution in [1.29, 1.82) is 0 Å². The number of aromatic amines is 1. The number of hydrogen-bond acceptors (Lipinski definition) is 3. The average molecular weight is 361 g/mol. The number of carbonyl (C=O) groups is 1. The smallest absolute Gasteiger partial charge is 0.274 e. The number of nitrogens with zero attached hydrogens (tertiary/aromatic N) is 2. The van der Waals surface area contributed by atoms with Crippen LogP contribution in [0.15, 0.2) is 60.7 Å². The summed E-state index contributed by atoms with van der Waals surface area (Å²) in [6.07, 6.45) is -0.220. The van der Waals surface area contributed by atoms with Crippen LogP contribution in [-0.4, -0.2) is 27.5 Å². The highest BCUT2D eigenvalue weighted by atomic mass is 16.5. The van der Waals surface area contributed by atoms with Gasteiger partial charge in [-0.1, -0.05) is 62.4 Å². The first-order valence-corrected chi connectivity index (χ1v) is 9.26. The Morgan fingerprint density at radius 3 is 2.63 bits per heavy atom. The summed E-state index contributed by atoms with van der Waals surface area (Å²) in [6, 6.07) is 19.8. The van der Waals surface area contributed by atoms with Crippen molar-refractivity contribution in [3.8, 4) is 5.75 Å². The number of carbonyl (C=O) groups excluding carboxylic acids is 1. The third-order valence-electron chi connectivity index (χ3n) is 4.89. The van der Waals surface area contributed by atoms with Crippen molar-refractivity contribution in [1.82, 2.24) is 15.1 Å². The van der Waals surface area contributed by atoms with Crippen LogP contribution in [0.5, 0.6) is 5.75 Å². The molecule has 0 saturated carbocycles. The number of aromatic nitrogens is 2. The molecule has 0 fully saturated rings. The van der Waals surface area contributed by atoms with E-state index in [1.807, 2.05) is 65.6 Å². The van der Waals surface area contributed by atoms with E-state index in [4.69, 9.17) is 4.74 Å². The lowest BCUT2D eigenvalue weighted by atomic mass is 10.1. The van der Waals surface area contributed by atoms with Gasteiger partial charge in [-0.15, -0.1) is 0 Å². The predicted molar refractivity (Wildman–Crippen MR) is 104 cm³/mol. The number of fused-ring (bicyclic) bond motifs is 1. The van der Waals surface area contributed by atoms with E-state index in [2.05, 4.69) is 24.0 Å². The molecule has 0 aliphatic carbocycles. The van der Waals surface area contributed by atoms with Gasteiger partial charge in [-0.2, -0.15) is 5.10 Å². The molecule has 3 aromatic rings. The largest absolute Gasteiger partial charge is 0.484 e. The second-order valence-corrected chi connectivity index (χ2v) is 7.17. The molecule has 0 bridgehead atoms. The van der Waals surface area contributed by atoms with Gasteiger partial charge >= 0.3 is 0 Å². The lowest BCUT2D eigenvalue weighted by Gasteiger charge is -2.23. The summed E-state index contributed by atoms with van der Waals surface area (Å²) in [5.41, 5.74) is 3.47. The summed E-state index contributed by atoms with van der Waals surface area (Å²) < 4.78 is 6.28. The summed E-state index contributed by atoms with van der Waals surface area (Å²) in [5, 5.41) is 7.21. The van der Waals surface area contributed by atoms with Crippen molar-refractivity contribution < 1.29 is 9.53 Å². The number of amides is 1. The second-order valence-electron chi connectivity index (χ2n) is 7.17. The van der Waals surface area contributed by atoms with Crippen LogP contribution in [0.2, 0.25) is 0 Å². The lowest BCUT2D eigenvalue weighted by molar-refractivity contribution is 0.0671. The topological polar surface area (TPSA) is 58.2 Å². The number of nitrogens with one attached hydrogen (secondary N) is 1. The molecule has 1 aliphatic heterocycles. The maximum atomic E-state index is 13.2. The Hall–Kier alpha value is -3.08. The van der Waals surface area contributed by atoms with Gasteiger partial charge in [0.1, 0.15) is 17.5 Å². The van der Waals surface area contributed by atoms with Gasteiger partial charge in [0.15, 0.2) is 0 Å². The summed E-state index contributed by atoms with van der Waals surface area (Å²) in [5.74, 6) is 1.04. The fraction of sp³-hybridized carbons (Fsp3) is 0.273. The van der Waals surface area contributed by atoms with Gasteiger partial charge in [0.05, 0.1) is 6.54 Å². The van der Waals surface area contributed by atoms with Crippen LogP contribution in [0.1, 0.15) is 53.2 Å². The maximum Gasteiger partial charge on any atom is 0.274 e. The first kappa shape index (κ1) is 17.3. The van der Waals surface area contributed by atoms with Gasteiger partial charge in [-0.25, -0.2) is 0 Å². The summed E-state index contributed by atoms with van der Waals surface area (Å²) in [6.45, 7) is 5.12. The molecule has 2 heterocycles. The van der Waals surface area contributed by atoms with E-state index in [1.165, 1.54) is 0 Å². The van der Waals surface area contributed by atoms with E-state index in [0.717, 1.165) is 22.6 Å². The van der Waals surface area contributed by atoms with E-state index < -0.39 is 0 Å². The van der Waals surface area contributed by atoms with Crippen LogP contribution in [0.25, 0.3) is 0 Å². The fourth-order valence-corrected chi connectivity index (χ4v) is 3.31. The normalized spacial score (nSPS) is 16.6. The van der Waals surface area contributed by atoms with Gasteiger partial charge in [-0.05, 0) is 23.6 Å². The van der Waals surface area contributed by atoms with E-state index in [9.17, 15) is 4.79 Å². The molecule has 0 spiro atoms. The molecule has 4 rings (SSSR count). The fourth-order valence-electron chi connectivity index (χ4n) is 3.31. The van der Waals surface area contributed by atoms with Crippen LogP contribution in [0.4, 0.5) is 0 Å². The molecule has 5 nitrogen and oxygen atoms in total. The highest BCUT2D eigenvalue weighted by Crippen LogP contribution is 2.31. The Morgan fingerprint density at radius 1 is 1.15 bits per heavy atom. The number of para-hydroxylation sites is 1. The second kappa shape index (κ2) is 7.27. The minimum Gasteiger partial charge on any atom is -0.484 e. The lowest BCUT2D eigenvalue weighted by Crippen LogP contribution is -2.34. The molecule has 2 aromatic carbocycles. The minimum atomic E-state index is -0.220. The van der Waals surface area contributed by atoms with E-state index in [1.54, 1.807) is 0 Å². The SMILES string of the molecule is CC(C)c1cc(C(=O)N2Cc3ccccc3OC(c3ccccc3)C2)n[nH]1. The number of rotatable bonds is 3. The van der Waals surface area contributed by atoms with E-state index in [0.29, 0.717) is 24.7 Å². The first-order chi connectivity index (χ1) is 13.1. The number of ether oxygens (including phenoxy) is 1. The molecule has 1 N–H and O–H groups in total. The predicted octanol–water partition coefficient (Wildman–Crippen LogP) is 4.31. The quantitative estimate of drug-likeness (QED) is 0.756. The zero-order chi connectivity index (χ0) is 18.8. The molecule has 1 aliphatic rings. The van der Waals surface area contributed by atoms with Crippen molar-refractivity contribution in [2.45, 2.75) is 32.4 Å². The van der Waals surface area contributed by atoms with Gasteiger partial charge in [0, 0.05) is 17.8 Å². The minimum absolute atomic E-state index is 0.0839. The average Bonchev–Trinajstić information content (AvgIpc) is 3.10. The summed E-state index contributed by atoms with van der Waals surface area (Å²) in [4.78, 5) is 15.0. The van der Waals surface area contributed by atoms with Crippen LogP contribution in [-0.2, 0) is 6.54 Å². The van der Waals surface area contributed by atoms with E-state index in [-0.39, 0.29) is 12.0 Å². The molecule has 0 radical (unpaired) electrons. The highest BCUT2D eigenvalue weighted by molar-refractivity contribution is 5.92. The van der Waals surface area contributed by atoms with Gasteiger partial charge < -0.3 is 9.64 Å². The third kappa shape index (κ3) is 3.58. The number of H-pyrrole nitrogens is 1. The molecule has 1 aromatic heterocycles. The van der Waals surface area contributed by atoms with Crippen molar-refractivity contribution in [2.24, 2.45) is 0 Å². The van der Waals surface area contributed by atoms with E-state index >= 15 is 0 Å². The molecular weight excluding hydrogens is 338 g/mol. The monoisotopic (exact) mass is 361 g/mol. The van der Waals surface area contributed by atoms with Crippen molar-refractivity contribution in [3.63, 3.8) is 0 Å². The van der Waals surface area contributed by atoms with Crippen LogP contribution in [0, 0.1) is 0 Å². The van der Waals surface area contributed by atoms with Gasteiger partial charge in [0.2, 0.25) is 0 Å². The first-order valence-electron chi connectivity index (χ1n) is 9.26. The Morgan fingerprint density at radius 2 is 1.89 bits per heavy atom. The maximum absolute atomic E-state index is 13.2. The zero-order valence-corrected chi connectivity index (χ0v) is 15.6. The standard InChI is InChI=1S/C22H23N3O2/c1-15(2)18-12-19(24-23-18)22(26)25-13-17-10-6-7-11-20(17)27-21(14-25)16-8-4-3-5-9-16/h3-12,15,21H,13-14H2,1-2H3,(H,23,24). The molecule has 1 unspecified atom stereocenters. The highest BCUT2D eigenvalue weighted by Gasteiger charge is 2.28. The number of hydrogen-bond donors (Lipinski definition) is 1. The molecule has 138 valence electrons. The summed E-state index contributed by atoms with van der Waals surface area (Å²) >= 11 is 0. The van der Waals surface area contributed by atoms with Crippen LogP contribution >= 0.6 is 0 Å². The van der Waals surface area contributed by atoms with Crippen molar-refractivity contribution >= 4 is 5.91 Å². The Kier molecular flexibility index (Phi) is 4.67. The van der Waals surface area contributed by atoms with Crippen LogP contribution < -0.4 is 4.74 Å². The third-order valence-corrected chi connectivity index (χ3v) is 4.89. The van der Waals surface area contributed by atoms with Gasteiger partial charge in [0.25, 0.3) is 5.91 Å². The summed E-state index contributed by atoms with van der Waals surface area (Å²) in [7, 11) is 0. The molecule has 0 saturated heterocycles. The number of benzene rings is 2. The van der Waals surface area contributed by atoms with Crippen molar-refractivity contribution in [3.05, 3.63) is 83.2 Å². The Balaban J connectivity index is 1.67. The molecule has 1 amide bonds.